The highest BCUT2D eigenvalue weighted by Crippen LogP contribution is 2.18. The molecule has 480 valence electrons. The van der Waals surface area contributed by atoms with Crippen LogP contribution in [-0.4, -0.2) is 37.2 Å². The van der Waals surface area contributed by atoms with Gasteiger partial charge in [-0.15, -0.1) is 0 Å². The fourth-order valence-electron chi connectivity index (χ4n) is 10.5. The molecule has 0 spiro atoms. The van der Waals surface area contributed by atoms with Gasteiger partial charge in [0, 0.05) is 19.3 Å². The Hall–Kier alpha value is -3.41. The molecule has 0 aromatic rings. The third kappa shape index (κ3) is 69.3. The van der Waals surface area contributed by atoms with Crippen molar-refractivity contribution in [2.24, 2.45) is 0 Å². The van der Waals surface area contributed by atoms with Gasteiger partial charge in [0.25, 0.3) is 0 Å². The predicted octanol–water partition coefficient (Wildman–Crippen LogP) is 25.0. The molecule has 0 fully saturated rings. The van der Waals surface area contributed by atoms with Crippen LogP contribution in [0.15, 0.2) is 85.1 Å². The second-order valence-electron chi connectivity index (χ2n) is 24.1. The Morgan fingerprint density at radius 3 is 0.771 bits per heavy atom. The van der Waals surface area contributed by atoms with Crippen LogP contribution in [0.1, 0.15) is 367 Å². The van der Waals surface area contributed by atoms with E-state index in [1.807, 2.05) is 0 Å². The molecule has 0 aliphatic carbocycles. The predicted molar refractivity (Wildman–Crippen MR) is 362 cm³/mol. The fourth-order valence-corrected chi connectivity index (χ4v) is 10.5. The molecular formula is C77H136O6. The van der Waals surface area contributed by atoms with Gasteiger partial charge in [0.1, 0.15) is 13.2 Å². The minimum absolute atomic E-state index is 0.0783. The molecule has 0 aliphatic rings. The first-order valence-corrected chi connectivity index (χ1v) is 36.1. The number of unbranched alkanes of at least 4 members (excludes halogenated alkanes) is 41. The monoisotopic (exact) mass is 1160 g/mol. The summed E-state index contributed by atoms with van der Waals surface area (Å²) in [6.45, 7) is 6.53. The molecule has 0 rings (SSSR count). The molecule has 0 bridgehead atoms. The Kier molecular flexibility index (Phi) is 68.2. The Bertz CT molecular complexity index is 1570. The molecule has 6 heteroatoms. The number of hydrogen-bond acceptors (Lipinski definition) is 6. The standard InChI is InChI=1S/C77H136O6/c1-4-7-10-13-16-19-22-25-28-30-31-32-33-34-35-36-37-38-39-40-41-42-43-44-45-47-49-52-55-58-61-64-67-70-76(79)82-73-74(72-81-75(78)69-66-63-60-57-54-51-48-27-24-21-18-15-12-9-6-3)83-77(80)71-68-65-62-59-56-53-50-46-29-26-23-20-17-14-11-8-5-2/h7,10,16,18-19,21,25-29,31-32,48,74H,4-6,8-9,11-15,17,20,22-24,30,33-47,49-73H2,1-3H3/b10-7-,19-16-,21-18-,28-25-,29-26-,32-31-,48-27-. The largest absolute Gasteiger partial charge is 0.462 e. The Morgan fingerprint density at radius 2 is 0.470 bits per heavy atom. The van der Waals surface area contributed by atoms with E-state index in [0.717, 1.165) is 103 Å². The minimum Gasteiger partial charge on any atom is -0.462 e. The maximum absolute atomic E-state index is 12.9. The van der Waals surface area contributed by atoms with Crippen molar-refractivity contribution in [2.45, 2.75) is 374 Å². The highest BCUT2D eigenvalue weighted by atomic mass is 16.6. The number of hydrogen-bond donors (Lipinski definition) is 0. The van der Waals surface area contributed by atoms with Crippen molar-refractivity contribution >= 4 is 17.9 Å². The molecule has 6 nitrogen and oxygen atoms in total. The van der Waals surface area contributed by atoms with E-state index in [1.54, 1.807) is 0 Å². The van der Waals surface area contributed by atoms with Crippen LogP contribution in [0.4, 0.5) is 0 Å². The molecular weight excluding hydrogens is 1020 g/mol. The highest BCUT2D eigenvalue weighted by molar-refractivity contribution is 5.71. The average Bonchev–Trinajstić information content (AvgIpc) is 3.49. The zero-order valence-electron chi connectivity index (χ0n) is 55.2. The van der Waals surface area contributed by atoms with Gasteiger partial charge in [0.2, 0.25) is 0 Å². The molecule has 0 amide bonds. The smallest absolute Gasteiger partial charge is 0.306 e. The van der Waals surface area contributed by atoms with Crippen LogP contribution in [0.2, 0.25) is 0 Å². The summed E-state index contributed by atoms with van der Waals surface area (Å²) >= 11 is 0. The molecule has 0 heterocycles. The number of carbonyl (C=O) groups excluding carboxylic acids is 3. The first-order chi connectivity index (χ1) is 41.0. The summed E-state index contributed by atoms with van der Waals surface area (Å²) in [5.74, 6) is -0.876. The topological polar surface area (TPSA) is 78.9 Å². The lowest BCUT2D eigenvalue weighted by Crippen LogP contribution is -2.30. The SMILES string of the molecule is CC/C=C\C/C=C\C/C=C\C/C=C\CCCCCCCCCCCCCCCCCCCCCCC(=O)OCC(COC(=O)CCCCCCC/C=C\C/C=C\CCCCC)OC(=O)CCCCCCCCC/C=C\CCCCCCCC. The van der Waals surface area contributed by atoms with E-state index in [0.29, 0.717) is 19.3 Å². The third-order valence-corrected chi connectivity index (χ3v) is 15.9. The zero-order chi connectivity index (χ0) is 59.9. The van der Waals surface area contributed by atoms with Gasteiger partial charge in [0.15, 0.2) is 6.10 Å². The quantitative estimate of drug-likeness (QED) is 0.0261. The van der Waals surface area contributed by atoms with Crippen molar-refractivity contribution in [1.29, 1.82) is 0 Å². The number of allylic oxidation sites excluding steroid dienone is 14. The van der Waals surface area contributed by atoms with Crippen molar-refractivity contribution in [3.63, 3.8) is 0 Å². The second kappa shape index (κ2) is 71.1. The van der Waals surface area contributed by atoms with Gasteiger partial charge in [0.05, 0.1) is 0 Å². The van der Waals surface area contributed by atoms with E-state index in [-0.39, 0.29) is 31.1 Å². The van der Waals surface area contributed by atoms with Crippen LogP contribution in [0.25, 0.3) is 0 Å². The van der Waals surface area contributed by atoms with Gasteiger partial charge in [-0.05, 0) is 116 Å². The average molecular weight is 1160 g/mol. The molecule has 0 saturated carbocycles. The van der Waals surface area contributed by atoms with Gasteiger partial charge in [-0.25, -0.2) is 0 Å². The third-order valence-electron chi connectivity index (χ3n) is 15.9. The number of esters is 3. The Labute approximate surface area is 515 Å². The van der Waals surface area contributed by atoms with Crippen molar-refractivity contribution in [3.05, 3.63) is 85.1 Å². The highest BCUT2D eigenvalue weighted by Gasteiger charge is 2.19. The van der Waals surface area contributed by atoms with Crippen LogP contribution in [0.5, 0.6) is 0 Å². The maximum Gasteiger partial charge on any atom is 0.306 e. The molecule has 0 saturated heterocycles. The van der Waals surface area contributed by atoms with E-state index in [9.17, 15) is 14.4 Å². The summed E-state index contributed by atoms with van der Waals surface area (Å²) in [5, 5.41) is 0. The van der Waals surface area contributed by atoms with E-state index in [1.165, 1.54) is 225 Å². The molecule has 1 atom stereocenters. The number of ether oxygens (including phenoxy) is 3. The first-order valence-electron chi connectivity index (χ1n) is 36.1. The number of rotatable bonds is 66. The summed E-state index contributed by atoms with van der Waals surface area (Å²) in [6.07, 6.45) is 94.8. The van der Waals surface area contributed by atoms with Gasteiger partial charge < -0.3 is 14.2 Å². The van der Waals surface area contributed by atoms with Gasteiger partial charge >= 0.3 is 17.9 Å². The van der Waals surface area contributed by atoms with Gasteiger partial charge in [-0.2, -0.15) is 0 Å². The summed E-state index contributed by atoms with van der Waals surface area (Å²) < 4.78 is 17.0. The fraction of sp³-hybridized carbons (Fsp3) is 0.779. The number of carbonyl (C=O) groups is 3. The molecule has 0 aromatic heterocycles. The van der Waals surface area contributed by atoms with Crippen LogP contribution in [0, 0.1) is 0 Å². The van der Waals surface area contributed by atoms with Crippen LogP contribution in [0.3, 0.4) is 0 Å². The van der Waals surface area contributed by atoms with Gasteiger partial charge in [-0.1, -0.05) is 318 Å². The summed E-state index contributed by atoms with van der Waals surface area (Å²) in [5.41, 5.74) is 0. The molecule has 1 unspecified atom stereocenters. The van der Waals surface area contributed by atoms with Crippen LogP contribution < -0.4 is 0 Å². The lowest BCUT2D eigenvalue weighted by molar-refractivity contribution is -0.167. The molecule has 83 heavy (non-hydrogen) atoms. The van der Waals surface area contributed by atoms with E-state index in [2.05, 4.69) is 106 Å². The van der Waals surface area contributed by atoms with Crippen LogP contribution >= 0.6 is 0 Å². The summed E-state index contributed by atoms with van der Waals surface area (Å²) in [6, 6.07) is 0. The summed E-state index contributed by atoms with van der Waals surface area (Å²) in [4.78, 5) is 38.4. The Morgan fingerprint density at radius 1 is 0.253 bits per heavy atom. The molecule has 0 aromatic carbocycles. The van der Waals surface area contributed by atoms with Crippen molar-refractivity contribution in [3.8, 4) is 0 Å². The second-order valence-corrected chi connectivity index (χ2v) is 24.1. The molecule has 0 aliphatic heterocycles. The van der Waals surface area contributed by atoms with Crippen molar-refractivity contribution in [2.75, 3.05) is 13.2 Å². The summed E-state index contributed by atoms with van der Waals surface area (Å²) in [7, 11) is 0. The normalized spacial score (nSPS) is 12.6. The minimum atomic E-state index is -0.784. The molecule has 0 N–H and O–H groups in total. The van der Waals surface area contributed by atoms with E-state index in [4.69, 9.17) is 14.2 Å². The van der Waals surface area contributed by atoms with Crippen LogP contribution in [-0.2, 0) is 28.6 Å². The van der Waals surface area contributed by atoms with E-state index >= 15 is 0 Å². The lowest BCUT2D eigenvalue weighted by Gasteiger charge is -2.18. The van der Waals surface area contributed by atoms with Gasteiger partial charge in [-0.3, -0.25) is 14.4 Å². The zero-order valence-corrected chi connectivity index (χ0v) is 55.2. The Balaban J connectivity index is 4.18. The molecule has 0 radical (unpaired) electrons. The van der Waals surface area contributed by atoms with Crippen molar-refractivity contribution in [1.82, 2.24) is 0 Å². The van der Waals surface area contributed by atoms with Crippen molar-refractivity contribution < 1.29 is 28.6 Å². The van der Waals surface area contributed by atoms with E-state index < -0.39 is 6.10 Å². The lowest BCUT2D eigenvalue weighted by atomic mass is 10.0. The first kappa shape index (κ1) is 79.6. The maximum atomic E-state index is 12.9.